The third kappa shape index (κ3) is 1.50. The van der Waals surface area contributed by atoms with E-state index in [0.717, 1.165) is 16.6 Å². The Balaban J connectivity index is 2.66. The minimum atomic E-state index is 0.864. The highest BCUT2D eigenvalue weighted by Gasteiger charge is 1.94. The normalized spacial score (nSPS) is 9.31. The van der Waals surface area contributed by atoms with Crippen LogP contribution in [0.15, 0.2) is 30.6 Å². The summed E-state index contributed by atoms with van der Waals surface area (Å²) >= 11 is 0. The van der Waals surface area contributed by atoms with Crippen LogP contribution in [0.25, 0.3) is 11.0 Å². The number of fused-ring (bicyclic) bond motifs is 1. The maximum Gasteiger partial charge on any atom is 0.0899 e. The molecular weight excluding hydrogens is 160 g/mol. The van der Waals surface area contributed by atoms with Crippen molar-refractivity contribution in [2.24, 2.45) is 0 Å². The van der Waals surface area contributed by atoms with Gasteiger partial charge in [-0.3, -0.25) is 9.97 Å². The summed E-state index contributed by atoms with van der Waals surface area (Å²) in [5.74, 6) is 5.47. The molecule has 0 bridgehead atoms. The molecule has 0 N–H and O–H groups in total. The van der Waals surface area contributed by atoms with Gasteiger partial charge >= 0.3 is 0 Å². The van der Waals surface area contributed by atoms with E-state index in [0.29, 0.717) is 0 Å². The van der Waals surface area contributed by atoms with Gasteiger partial charge < -0.3 is 0 Å². The molecule has 0 saturated heterocycles. The predicted molar refractivity (Wildman–Crippen MR) is 51.8 cm³/mol. The smallest absolute Gasteiger partial charge is 0.0899 e. The number of nitrogens with zero attached hydrogens (tertiary/aromatic N) is 2. The van der Waals surface area contributed by atoms with E-state index in [1.165, 1.54) is 0 Å². The van der Waals surface area contributed by atoms with Gasteiger partial charge in [-0.2, -0.15) is 0 Å². The summed E-state index contributed by atoms with van der Waals surface area (Å²) in [5.41, 5.74) is 2.67. The number of hydrogen-bond donors (Lipinski definition) is 0. The Morgan fingerprint density at radius 3 is 2.62 bits per heavy atom. The standard InChI is InChI=1S/C11H7N2/c1-2-3-9-4-5-10-11(8-9)13-7-6-12-10/h4-8H,1H2. The van der Waals surface area contributed by atoms with Crippen molar-refractivity contribution in [1.82, 2.24) is 9.97 Å². The van der Waals surface area contributed by atoms with Gasteiger partial charge in [0.05, 0.1) is 11.0 Å². The fourth-order valence-corrected chi connectivity index (χ4v) is 1.14. The summed E-state index contributed by atoms with van der Waals surface area (Å²) in [4.78, 5) is 8.33. The summed E-state index contributed by atoms with van der Waals surface area (Å²) in [6, 6.07) is 5.72. The first kappa shape index (κ1) is 7.75. The van der Waals surface area contributed by atoms with Gasteiger partial charge in [0, 0.05) is 24.9 Å². The van der Waals surface area contributed by atoms with Gasteiger partial charge in [0.2, 0.25) is 0 Å². The van der Waals surface area contributed by atoms with Gasteiger partial charge in [0.25, 0.3) is 0 Å². The Bertz CT molecular complexity index is 492. The van der Waals surface area contributed by atoms with Gasteiger partial charge in [0.1, 0.15) is 0 Å². The van der Waals surface area contributed by atoms with Crippen LogP contribution in [0.5, 0.6) is 0 Å². The topological polar surface area (TPSA) is 25.8 Å². The summed E-state index contributed by atoms with van der Waals surface area (Å²) in [7, 11) is 0. The van der Waals surface area contributed by atoms with Crippen molar-refractivity contribution in [2.75, 3.05) is 0 Å². The lowest BCUT2D eigenvalue weighted by Crippen LogP contribution is -1.82. The number of benzene rings is 1. The predicted octanol–water partition coefficient (Wildman–Crippen LogP) is 1.82. The van der Waals surface area contributed by atoms with Gasteiger partial charge in [-0.05, 0) is 18.2 Å². The molecule has 0 aliphatic rings. The molecule has 13 heavy (non-hydrogen) atoms. The first-order valence-corrected chi connectivity index (χ1v) is 3.89. The van der Waals surface area contributed by atoms with E-state index in [2.05, 4.69) is 28.7 Å². The second kappa shape index (κ2) is 3.24. The third-order valence-electron chi connectivity index (χ3n) is 1.70. The van der Waals surface area contributed by atoms with Crippen molar-refractivity contribution < 1.29 is 0 Å². The maximum atomic E-state index is 4.17. The molecule has 2 rings (SSSR count). The van der Waals surface area contributed by atoms with Crippen LogP contribution in [0, 0.1) is 18.8 Å². The molecule has 0 aliphatic carbocycles. The van der Waals surface area contributed by atoms with Crippen LogP contribution >= 0.6 is 0 Å². The molecule has 0 saturated carbocycles. The molecule has 0 aliphatic heterocycles. The van der Waals surface area contributed by atoms with E-state index in [1.807, 2.05) is 18.2 Å². The molecule has 1 aromatic heterocycles. The van der Waals surface area contributed by atoms with E-state index in [9.17, 15) is 0 Å². The van der Waals surface area contributed by atoms with Gasteiger partial charge in [-0.1, -0.05) is 11.8 Å². The van der Waals surface area contributed by atoms with Gasteiger partial charge in [0.15, 0.2) is 0 Å². The number of aromatic nitrogens is 2. The Labute approximate surface area is 76.6 Å². The Hall–Kier alpha value is -1.88. The Morgan fingerprint density at radius 2 is 1.85 bits per heavy atom. The van der Waals surface area contributed by atoms with Crippen molar-refractivity contribution >= 4 is 11.0 Å². The van der Waals surface area contributed by atoms with Crippen LogP contribution in [0.2, 0.25) is 0 Å². The van der Waals surface area contributed by atoms with Crippen LogP contribution in [0.1, 0.15) is 5.56 Å². The molecule has 2 nitrogen and oxygen atoms in total. The molecule has 0 atom stereocenters. The second-order valence-corrected chi connectivity index (χ2v) is 2.56. The van der Waals surface area contributed by atoms with Gasteiger partial charge in [-0.25, -0.2) is 0 Å². The number of hydrogen-bond acceptors (Lipinski definition) is 2. The molecular formula is C11H7N2. The molecule has 1 heterocycles. The van der Waals surface area contributed by atoms with Gasteiger partial charge in [-0.15, -0.1) is 0 Å². The monoisotopic (exact) mass is 167 g/mol. The summed E-state index contributed by atoms with van der Waals surface area (Å²) in [6.45, 7) is 3.46. The van der Waals surface area contributed by atoms with Crippen LogP contribution in [-0.4, -0.2) is 9.97 Å². The fraction of sp³-hybridized carbons (Fsp3) is 0. The summed E-state index contributed by atoms with van der Waals surface area (Å²) in [5, 5.41) is 0. The minimum absolute atomic E-state index is 0.864. The molecule has 0 fully saturated rings. The lowest BCUT2D eigenvalue weighted by atomic mass is 10.2. The number of rotatable bonds is 0. The summed E-state index contributed by atoms with van der Waals surface area (Å²) in [6.07, 6.45) is 3.35. The molecule has 2 aromatic rings. The average molecular weight is 167 g/mol. The largest absolute Gasteiger partial charge is 0.253 e. The quantitative estimate of drug-likeness (QED) is 0.559. The second-order valence-electron chi connectivity index (χ2n) is 2.56. The molecule has 1 radical (unpaired) electrons. The zero-order chi connectivity index (χ0) is 9.10. The van der Waals surface area contributed by atoms with Crippen LogP contribution in [-0.2, 0) is 0 Å². The van der Waals surface area contributed by atoms with E-state index >= 15 is 0 Å². The highest BCUT2D eigenvalue weighted by atomic mass is 14.8. The van der Waals surface area contributed by atoms with Crippen LogP contribution < -0.4 is 0 Å². The molecule has 1 aromatic carbocycles. The Morgan fingerprint density at radius 1 is 1.08 bits per heavy atom. The molecule has 0 amide bonds. The van der Waals surface area contributed by atoms with E-state index < -0.39 is 0 Å². The zero-order valence-corrected chi connectivity index (χ0v) is 6.99. The summed E-state index contributed by atoms with van der Waals surface area (Å²) < 4.78 is 0. The lowest BCUT2D eigenvalue weighted by Gasteiger charge is -1.94. The third-order valence-corrected chi connectivity index (χ3v) is 1.70. The van der Waals surface area contributed by atoms with E-state index in [1.54, 1.807) is 12.4 Å². The van der Waals surface area contributed by atoms with Crippen molar-refractivity contribution in [3.05, 3.63) is 43.1 Å². The van der Waals surface area contributed by atoms with Crippen molar-refractivity contribution in [2.45, 2.75) is 0 Å². The van der Waals surface area contributed by atoms with Crippen molar-refractivity contribution in [3.63, 3.8) is 0 Å². The first-order chi connectivity index (χ1) is 6.40. The van der Waals surface area contributed by atoms with Crippen molar-refractivity contribution in [3.8, 4) is 11.8 Å². The molecule has 0 unspecified atom stereocenters. The maximum absolute atomic E-state index is 4.17. The highest BCUT2D eigenvalue weighted by Crippen LogP contribution is 2.09. The van der Waals surface area contributed by atoms with Crippen molar-refractivity contribution in [1.29, 1.82) is 0 Å². The lowest BCUT2D eigenvalue weighted by molar-refractivity contribution is 1.29. The molecule has 61 valence electrons. The van der Waals surface area contributed by atoms with Crippen LogP contribution in [0.4, 0.5) is 0 Å². The zero-order valence-electron chi connectivity index (χ0n) is 6.99. The molecule has 2 heteroatoms. The molecule has 0 spiro atoms. The highest BCUT2D eigenvalue weighted by molar-refractivity contribution is 5.75. The SMILES string of the molecule is [CH2]C#Cc1ccc2nccnc2c1. The van der Waals surface area contributed by atoms with E-state index in [4.69, 9.17) is 0 Å². The first-order valence-electron chi connectivity index (χ1n) is 3.89. The minimum Gasteiger partial charge on any atom is -0.253 e. The van der Waals surface area contributed by atoms with Crippen LogP contribution in [0.3, 0.4) is 0 Å². The Kier molecular flexibility index (Phi) is 1.93. The van der Waals surface area contributed by atoms with E-state index in [-0.39, 0.29) is 0 Å². The average Bonchev–Trinajstić information content (AvgIpc) is 2.18. The fourth-order valence-electron chi connectivity index (χ4n) is 1.14.